The number of rotatable bonds is 9. The summed E-state index contributed by atoms with van der Waals surface area (Å²) in [6.45, 7) is 7.85. The van der Waals surface area contributed by atoms with Crippen molar-refractivity contribution in [3.05, 3.63) is 121 Å². The quantitative estimate of drug-likeness (QED) is 0.245. The van der Waals surface area contributed by atoms with Gasteiger partial charge in [0.15, 0.2) is 0 Å². The zero-order valence-electron chi connectivity index (χ0n) is 22.6. The number of benzene rings is 4. The van der Waals surface area contributed by atoms with E-state index in [4.69, 9.17) is 4.74 Å². The molecule has 2 atom stereocenters. The van der Waals surface area contributed by atoms with E-state index >= 15 is 0 Å². The standard InChI is InChI=1S/C33H37NO2P2/c1-26(34-32(35)36-33(2,3)4)31(38(29-21-13-7-14-22-29)30-23-15-8-16-24-30)25-37(27-17-9-5-10-18-27)28-19-11-6-12-20-28/h5-24,26,31H,25H2,1-4H3,(H,34,35). The summed E-state index contributed by atoms with van der Waals surface area (Å²) in [6.07, 6.45) is 0.574. The second kappa shape index (κ2) is 13.2. The topological polar surface area (TPSA) is 38.3 Å². The molecular weight excluding hydrogens is 504 g/mol. The summed E-state index contributed by atoms with van der Waals surface area (Å²) in [7, 11) is -1.45. The molecule has 4 rings (SSSR count). The molecule has 5 heteroatoms. The number of hydrogen-bond acceptors (Lipinski definition) is 2. The Hall–Kier alpha value is -2.99. The van der Waals surface area contributed by atoms with Crippen molar-refractivity contribution in [1.29, 1.82) is 0 Å². The maximum Gasteiger partial charge on any atom is 0.407 e. The molecular formula is C33H37NO2P2. The number of carbonyl (C=O) groups is 1. The highest BCUT2D eigenvalue weighted by molar-refractivity contribution is 7.77. The van der Waals surface area contributed by atoms with Gasteiger partial charge in [0.05, 0.1) is 0 Å². The van der Waals surface area contributed by atoms with Crippen LogP contribution in [0.5, 0.6) is 0 Å². The maximum absolute atomic E-state index is 13.0. The summed E-state index contributed by atoms with van der Waals surface area (Å²) in [6, 6.07) is 43.1. The normalized spacial score (nSPS) is 13.2. The largest absolute Gasteiger partial charge is 0.444 e. The molecule has 4 aromatic rings. The Morgan fingerprint density at radius 1 is 0.684 bits per heavy atom. The van der Waals surface area contributed by atoms with E-state index < -0.39 is 21.4 Å². The van der Waals surface area contributed by atoms with Crippen molar-refractivity contribution in [2.75, 3.05) is 6.16 Å². The van der Waals surface area contributed by atoms with Crippen LogP contribution in [0.25, 0.3) is 0 Å². The number of ether oxygens (including phenoxy) is 1. The molecule has 4 aromatic carbocycles. The third kappa shape index (κ3) is 7.76. The number of nitrogens with one attached hydrogen (secondary N) is 1. The fourth-order valence-electron chi connectivity index (χ4n) is 4.53. The molecule has 0 aliphatic carbocycles. The molecule has 0 fully saturated rings. The van der Waals surface area contributed by atoms with Gasteiger partial charge in [-0.25, -0.2) is 4.79 Å². The van der Waals surface area contributed by atoms with E-state index in [1.165, 1.54) is 21.2 Å². The van der Waals surface area contributed by atoms with Gasteiger partial charge in [-0.15, -0.1) is 0 Å². The molecule has 196 valence electrons. The summed E-state index contributed by atoms with van der Waals surface area (Å²) >= 11 is 0. The highest BCUT2D eigenvalue weighted by atomic mass is 31.1. The van der Waals surface area contributed by atoms with Crippen LogP contribution in [-0.4, -0.2) is 29.6 Å². The van der Waals surface area contributed by atoms with Crippen molar-refractivity contribution < 1.29 is 9.53 Å². The van der Waals surface area contributed by atoms with E-state index in [9.17, 15) is 4.79 Å². The first-order valence-electron chi connectivity index (χ1n) is 13.1. The zero-order chi connectivity index (χ0) is 27.0. The summed E-state index contributed by atoms with van der Waals surface area (Å²) in [5.74, 6) is 0. The summed E-state index contributed by atoms with van der Waals surface area (Å²) in [4.78, 5) is 13.0. The molecule has 1 N–H and O–H groups in total. The van der Waals surface area contributed by atoms with E-state index in [0.29, 0.717) is 0 Å². The van der Waals surface area contributed by atoms with Crippen LogP contribution in [0, 0.1) is 0 Å². The van der Waals surface area contributed by atoms with Crippen molar-refractivity contribution in [3.63, 3.8) is 0 Å². The molecule has 0 saturated carbocycles. The molecule has 0 aliphatic heterocycles. The van der Waals surface area contributed by atoms with Crippen LogP contribution in [0.1, 0.15) is 27.7 Å². The van der Waals surface area contributed by atoms with Crippen LogP contribution in [0.4, 0.5) is 4.79 Å². The molecule has 1 amide bonds. The zero-order valence-corrected chi connectivity index (χ0v) is 24.4. The lowest BCUT2D eigenvalue weighted by Gasteiger charge is -2.36. The van der Waals surface area contributed by atoms with E-state index in [1.807, 2.05) is 20.8 Å². The minimum atomic E-state index is -0.785. The fraction of sp³-hybridized carbons (Fsp3) is 0.242. The van der Waals surface area contributed by atoms with Gasteiger partial charge in [0.1, 0.15) is 5.60 Å². The lowest BCUT2D eigenvalue weighted by molar-refractivity contribution is 0.0508. The van der Waals surface area contributed by atoms with E-state index in [0.717, 1.165) is 6.16 Å². The van der Waals surface area contributed by atoms with Crippen molar-refractivity contribution in [2.45, 2.75) is 45.0 Å². The molecule has 0 heterocycles. The number of amides is 1. The maximum atomic E-state index is 13.0. The predicted octanol–water partition coefficient (Wildman–Crippen LogP) is 6.53. The second-order valence-electron chi connectivity index (χ2n) is 10.3. The Morgan fingerprint density at radius 2 is 1.05 bits per heavy atom. The average molecular weight is 542 g/mol. The molecule has 0 spiro atoms. The molecule has 0 aromatic heterocycles. The number of hydrogen-bond donors (Lipinski definition) is 1. The minimum absolute atomic E-state index is 0.103. The van der Waals surface area contributed by atoms with Gasteiger partial charge in [-0.2, -0.15) is 0 Å². The first-order valence-corrected chi connectivity index (χ1v) is 16.0. The molecule has 3 nitrogen and oxygen atoms in total. The number of alkyl carbamates (subject to hydrolysis) is 1. The third-order valence-electron chi connectivity index (χ3n) is 6.23. The van der Waals surface area contributed by atoms with Crippen LogP contribution < -0.4 is 26.5 Å². The van der Waals surface area contributed by atoms with Gasteiger partial charge < -0.3 is 10.1 Å². The van der Waals surface area contributed by atoms with Crippen LogP contribution in [0.3, 0.4) is 0 Å². The minimum Gasteiger partial charge on any atom is -0.444 e. The second-order valence-corrected chi connectivity index (χ2v) is 15.0. The Kier molecular flexibility index (Phi) is 9.73. The van der Waals surface area contributed by atoms with Gasteiger partial charge in [0.25, 0.3) is 0 Å². The van der Waals surface area contributed by atoms with E-state index in [1.54, 1.807) is 0 Å². The Bertz CT molecular complexity index is 1180. The third-order valence-corrected chi connectivity index (χ3v) is 12.1. The Balaban J connectivity index is 1.80. The van der Waals surface area contributed by atoms with E-state index in [2.05, 4.69) is 134 Å². The van der Waals surface area contributed by atoms with Gasteiger partial charge in [-0.1, -0.05) is 121 Å². The molecule has 0 aliphatic rings. The van der Waals surface area contributed by atoms with Crippen LogP contribution in [-0.2, 0) is 4.74 Å². The fourth-order valence-corrected chi connectivity index (χ4v) is 10.7. The molecule has 0 saturated heterocycles. The van der Waals surface area contributed by atoms with Crippen LogP contribution in [0.2, 0.25) is 0 Å². The van der Waals surface area contributed by atoms with Gasteiger partial charge in [-0.3, -0.25) is 0 Å². The van der Waals surface area contributed by atoms with Crippen molar-refractivity contribution in [3.8, 4) is 0 Å². The molecule has 2 unspecified atom stereocenters. The first kappa shape index (κ1) is 28.0. The summed E-state index contributed by atoms with van der Waals surface area (Å²) < 4.78 is 5.69. The monoisotopic (exact) mass is 541 g/mol. The molecule has 0 bridgehead atoms. The molecule has 38 heavy (non-hydrogen) atoms. The van der Waals surface area contributed by atoms with Crippen LogP contribution >= 0.6 is 15.8 Å². The van der Waals surface area contributed by atoms with Gasteiger partial charge in [0, 0.05) is 11.7 Å². The smallest absolute Gasteiger partial charge is 0.407 e. The summed E-state index contributed by atoms with van der Waals surface area (Å²) in [5.41, 5.74) is -0.377. The lowest BCUT2D eigenvalue weighted by Crippen LogP contribution is -2.46. The average Bonchev–Trinajstić information content (AvgIpc) is 2.92. The summed E-state index contributed by atoms with van der Waals surface area (Å²) in [5, 5.41) is 8.55. The van der Waals surface area contributed by atoms with Crippen molar-refractivity contribution in [2.24, 2.45) is 0 Å². The predicted molar refractivity (Wildman–Crippen MR) is 166 cm³/mol. The SMILES string of the molecule is CC(NC(=O)OC(C)(C)C)C(CP(c1ccccc1)c1ccccc1)P(c1ccccc1)c1ccccc1. The Morgan fingerprint density at radius 3 is 1.42 bits per heavy atom. The highest BCUT2D eigenvalue weighted by Gasteiger charge is 2.34. The lowest BCUT2D eigenvalue weighted by atomic mass is 10.2. The Labute approximate surface area is 230 Å². The first-order chi connectivity index (χ1) is 18.3. The van der Waals surface area contributed by atoms with Gasteiger partial charge in [0.2, 0.25) is 0 Å². The van der Waals surface area contributed by atoms with Gasteiger partial charge in [-0.05, 0) is 70.9 Å². The highest BCUT2D eigenvalue weighted by Crippen LogP contribution is 2.48. The number of carbonyl (C=O) groups excluding carboxylic acids is 1. The molecule has 0 radical (unpaired) electrons. The van der Waals surface area contributed by atoms with Crippen LogP contribution in [0.15, 0.2) is 121 Å². The van der Waals surface area contributed by atoms with Crippen molar-refractivity contribution >= 4 is 43.2 Å². The van der Waals surface area contributed by atoms with Crippen molar-refractivity contribution in [1.82, 2.24) is 5.32 Å². The van der Waals surface area contributed by atoms with Gasteiger partial charge >= 0.3 is 6.09 Å². The van der Waals surface area contributed by atoms with E-state index in [-0.39, 0.29) is 17.8 Å².